The number of rotatable bonds is 1. The zero-order valence-electron chi connectivity index (χ0n) is 8.50. The molecule has 1 aliphatic rings. The summed E-state index contributed by atoms with van der Waals surface area (Å²) in [4.78, 5) is 11.6. The fourth-order valence-electron chi connectivity index (χ4n) is 1.38. The Hall–Kier alpha value is -0.830. The van der Waals surface area contributed by atoms with Gasteiger partial charge in [0, 0.05) is 11.6 Å². The third-order valence-electron chi connectivity index (χ3n) is 1.95. The minimum absolute atomic E-state index is 0.0331. The van der Waals surface area contributed by atoms with E-state index in [-0.39, 0.29) is 23.4 Å². The third kappa shape index (κ3) is 3.19. The summed E-state index contributed by atoms with van der Waals surface area (Å²) in [5.41, 5.74) is 5.50. The Morgan fingerprint density at radius 1 is 1.46 bits per heavy atom. The predicted octanol–water partition coefficient (Wildman–Crippen LogP) is 0.804. The number of amides is 1. The summed E-state index contributed by atoms with van der Waals surface area (Å²) < 4.78 is 0. The van der Waals surface area contributed by atoms with Crippen molar-refractivity contribution in [1.82, 2.24) is 5.32 Å². The highest BCUT2D eigenvalue weighted by Gasteiger charge is 2.25. The molecule has 3 heteroatoms. The van der Waals surface area contributed by atoms with E-state index in [1.54, 1.807) is 0 Å². The molecule has 0 spiro atoms. The molecule has 13 heavy (non-hydrogen) atoms. The number of carbonyl (C=O) groups excluding carboxylic acids is 1. The average molecular weight is 182 g/mol. The van der Waals surface area contributed by atoms with Crippen molar-refractivity contribution in [3.63, 3.8) is 0 Å². The van der Waals surface area contributed by atoms with Crippen LogP contribution in [-0.4, -0.2) is 17.5 Å². The van der Waals surface area contributed by atoms with Gasteiger partial charge in [0.05, 0.1) is 5.92 Å². The van der Waals surface area contributed by atoms with E-state index < -0.39 is 0 Å². The molecule has 0 aliphatic heterocycles. The van der Waals surface area contributed by atoms with Crippen molar-refractivity contribution in [3.05, 3.63) is 12.2 Å². The van der Waals surface area contributed by atoms with Crippen LogP contribution in [0.2, 0.25) is 0 Å². The summed E-state index contributed by atoms with van der Waals surface area (Å²) in [6.07, 6.45) is 4.53. The van der Waals surface area contributed by atoms with Gasteiger partial charge in [-0.1, -0.05) is 12.2 Å². The van der Waals surface area contributed by atoms with Gasteiger partial charge in [0.25, 0.3) is 0 Å². The molecule has 0 heterocycles. The highest BCUT2D eigenvalue weighted by molar-refractivity contribution is 5.81. The monoisotopic (exact) mass is 182 g/mol. The number of nitrogens with two attached hydrogens (primary N) is 1. The first-order chi connectivity index (χ1) is 5.88. The van der Waals surface area contributed by atoms with Crippen LogP contribution < -0.4 is 11.1 Å². The molecule has 1 amide bonds. The zero-order chi connectivity index (χ0) is 10.1. The maximum Gasteiger partial charge on any atom is 0.227 e. The summed E-state index contributed by atoms with van der Waals surface area (Å²) in [6, 6.07) is 0.0516. The van der Waals surface area contributed by atoms with Gasteiger partial charge < -0.3 is 11.1 Å². The topological polar surface area (TPSA) is 55.1 Å². The molecule has 0 saturated carbocycles. The van der Waals surface area contributed by atoms with Gasteiger partial charge in [-0.15, -0.1) is 0 Å². The van der Waals surface area contributed by atoms with Gasteiger partial charge in [-0.3, -0.25) is 4.79 Å². The number of carbonyl (C=O) groups is 1. The predicted molar refractivity (Wildman–Crippen MR) is 53.1 cm³/mol. The van der Waals surface area contributed by atoms with Crippen molar-refractivity contribution in [1.29, 1.82) is 0 Å². The third-order valence-corrected chi connectivity index (χ3v) is 1.95. The van der Waals surface area contributed by atoms with Crippen LogP contribution in [0.4, 0.5) is 0 Å². The molecule has 1 rings (SSSR count). The summed E-state index contributed by atoms with van der Waals surface area (Å²) >= 11 is 0. The molecule has 2 atom stereocenters. The largest absolute Gasteiger partial charge is 0.351 e. The van der Waals surface area contributed by atoms with Crippen LogP contribution in [0.5, 0.6) is 0 Å². The van der Waals surface area contributed by atoms with E-state index in [0.717, 1.165) is 6.42 Å². The normalized spacial score (nSPS) is 27.7. The smallest absolute Gasteiger partial charge is 0.227 e. The first kappa shape index (κ1) is 10.3. The second kappa shape index (κ2) is 3.50. The van der Waals surface area contributed by atoms with Gasteiger partial charge in [0.1, 0.15) is 0 Å². The average Bonchev–Trinajstić information content (AvgIpc) is 2.31. The Morgan fingerprint density at radius 2 is 2.08 bits per heavy atom. The van der Waals surface area contributed by atoms with Crippen LogP contribution in [0.25, 0.3) is 0 Å². The Labute approximate surface area is 79.4 Å². The standard InChI is InChI=1S/C10H18N2O/c1-10(2,3)12-9(13)7-4-5-8(11)6-7/h4-5,7-8H,6,11H2,1-3H3,(H,12,13). The first-order valence-corrected chi connectivity index (χ1v) is 4.64. The van der Waals surface area contributed by atoms with Crippen LogP contribution in [0.15, 0.2) is 12.2 Å². The molecular weight excluding hydrogens is 164 g/mol. The SMILES string of the molecule is CC(C)(C)NC(=O)C1C=CC(N)C1. The minimum atomic E-state index is -0.155. The highest BCUT2D eigenvalue weighted by Crippen LogP contribution is 2.17. The summed E-state index contributed by atoms with van der Waals surface area (Å²) in [5.74, 6) is 0.0472. The summed E-state index contributed by atoms with van der Waals surface area (Å²) in [7, 11) is 0. The van der Waals surface area contributed by atoms with Gasteiger partial charge in [-0.05, 0) is 27.2 Å². The van der Waals surface area contributed by atoms with E-state index >= 15 is 0 Å². The molecule has 0 saturated heterocycles. The minimum Gasteiger partial charge on any atom is -0.351 e. The van der Waals surface area contributed by atoms with Crippen molar-refractivity contribution in [3.8, 4) is 0 Å². The van der Waals surface area contributed by atoms with E-state index in [2.05, 4.69) is 5.32 Å². The summed E-state index contributed by atoms with van der Waals surface area (Å²) in [5, 5.41) is 2.94. The van der Waals surface area contributed by atoms with Crippen LogP contribution in [0, 0.1) is 5.92 Å². The molecule has 3 N–H and O–H groups in total. The first-order valence-electron chi connectivity index (χ1n) is 4.64. The lowest BCUT2D eigenvalue weighted by molar-refractivity contribution is -0.125. The number of nitrogens with one attached hydrogen (secondary N) is 1. The molecule has 0 aromatic rings. The van der Waals surface area contributed by atoms with E-state index in [9.17, 15) is 4.79 Å². The maximum absolute atomic E-state index is 11.6. The molecule has 2 unspecified atom stereocenters. The van der Waals surface area contributed by atoms with Crippen molar-refractivity contribution in [2.75, 3.05) is 0 Å². The van der Waals surface area contributed by atoms with E-state index in [1.807, 2.05) is 32.9 Å². The molecule has 3 nitrogen and oxygen atoms in total. The zero-order valence-corrected chi connectivity index (χ0v) is 8.50. The molecular formula is C10H18N2O. The fourth-order valence-corrected chi connectivity index (χ4v) is 1.38. The lowest BCUT2D eigenvalue weighted by Gasteiger charge is -2.22. The molecule has 1 aliphatic carbocycles. The lowest BCUT2D eigenvalue weighted by atomic mass is 10.0. The van der Waals surface area contributed by atoms with Crippen LogP contribution >= 0.6 is 0 Å². The van der Waals surface area contributed by atoms with Gasteiger partial charge in [-0.2, -0.15) is 0 Å². The summed E-state index contributed by atoms with van der Waals surface area (Å²) in [6.45, 7) is 5.93. The van der Waals surface area contributed by atoms with Gasteiger partial charge in [-0.25, -0.2) is 0 Å². The van der Waals surface area contributed by atoms with Crippen LogP contribution in [0.3, 0.4) is 0 Å². The Morgan fingerprint density at radius 3 is 2.46 bits per heavy atom. The lowest BCUT2D eigenvalue weighted by Crippen LogP contribution is -2.43. The van der Waals surface area contributed by atoms with E-state index in [0.29, 0.717) is 0 Å². The molecule has 0 aromatic heterocycles. The second-order valence-corrected chi connectivity index (χ2v) is 4.63. The van der Waals surface area contributed by atoms with Crippen molar-refractivity contribution in [2.45, 2.75) is 38.8 Å². The van der Waals surface area contributed by atoms with E-state index in [4.69, 9.17) is 5.73 Å². The number of hydrogen-bond acceptors (Lipinski definition) is 2. The number of hydrogen-bond donors (Lipinski definition) is 2. The Kier molecular flexibility index (Phi) is 2.76. The fraction of sp³-hybridized carbons (Fsp3) is 0.700. The molecule has 0 radical (unpaired) electrons. The molecule has 0 bridgehead atoms. The van der Waals surface area contributed by atoms with Crippen molar-refractivity contribution < 1.29 is 4.79 Å². The maximum atomic E-state index is 11.6. The van der Waals surface area contributed by atoms with Crippen molar-refractivity contribution >= 4 is 5.91 Å². The Balaban J connectivity index is 2.46. The second-order valence-electron chi connectivity index (χ2n) is 4.63. The highest BCUT2D eigenvalue weighted by atomic mass is 16.2. The molecule has 0 fully saturated rings. The Bertz CT molecular complexity index is 228. The van der Waals surface area contributed by atoms with Gasteiger partial charge in [0.15, 0.2) is 0 Å². The van der Waals surface area contributed by atoms with Crippen LogP contribution in [0.1, 0.15) is 27.2 Å². The molecule has 0 aromatic carbocycles. The quantitative estimate of drug-likeness (QED) is 0.589. The van der Waals surface area contributed by atoms with E-state index in [1.165, 1.54) is 0 Å². The molecule has 74 valence electrons. The van der Waals surface area contributed by atoms with Crippen LogP contribution in [-0.2, 0) is 4.79 Å². The van der Waals surface area contributed by atoms with Gasteiger partial charge >= 0.3 is 0 Å². The van der Waals surface area contributed by atoms with Gasteiger partial charge in [0.2, 0.25) is 5.91 Å². The van der Waals surface area contributed by atoms with Crippen molar-refractivity contribution in [2.24, 2.45) is 11.7 Å².